The van der Waals surface area contributed by atoms with E-state index in [9.17, 15) is 4.79 Å². The molecule has 0 saturated carbocycles. The van der Waals surface area contributed by atoms with Crippen LogP contribution in [-0.4, -0.2) is 55.0 Å². The van der Waals surface area contributed by atoms with Crippen LogP contribution in [0.1, 0.15) is 41.6 Å². The summed E-state index contributed by atoms with van der Waals surface area (Å²) in [6.45, 7) is 0.912. The van der Waals surface area contributed by atoms with Crippen LogP contribution in [0.2, 0.25) is 0 Å². The van der Waals surface area contributed by atoms with Crippen LogP contribution in [-0.2, 0) is 6.54 Å². The smallest absolute Gasteiger partial charge is 0.253 e. The van der Waals surface area contributed by atoms with E-state index in [2.05, 4.69) is 59.3 Å². The van der Waals surface area contributed by atoms with Crippen molar-refractivity contribution in [3.05, 3.63) is 65.7 Å². The predicted octanol–water partition coefficient (Wildman–Crippen LogP) is 4.02. The fourth-order valence-electron chi connectivity index (χ4n) is 4.90. The van der Waals surface area contributed by atoms with Gasteiger partial charge in [-0.2, -0.15) is 0 Å². The van der Waals surface area contributed by atoms with E-state index in [0.717, 1.165) is 12.1 Å². The van der Waals surface area contributed by atoms with Crippen molar-refractivity contribution in [1.29, 1.82) is 0 Å². The van der Waals surface area contributed by atoms with Crippen LogP contribution in [0.4, 0.5) is 5.69 Å². The molecule has 28 heavy (non-hydrogen) atoms. The minimum Gasteiger partial charge on any atom is -0.364 e. The molecule has 0 spiro atoms. The lowest BCUT2D eigenvalue weighted by Crippen LogP contribution is -2.49. The molecule has 4 heteroatoms. The zero-order chi connectivity index (χ0) is 19.7. The lowest BCUT2D eigenvalue weighted by atomic mass is 9.95. The van der Waals surface area contributed by atoms with Crippen molar-refractivity contribution in [2.24, 2.45) is 0 Å². The second-order valence-corrected chi connectivity index (χ2v) is 8.54. The van der Waals surface area contributed by atoms with Crippen molar-refractivity contribution in [1.82, 2.24) is 9.80 Å². The van der Waals surface area contributed by atoms with Gasteiger partial charge in [-0.15, -0.1) is 0 Å². The van der Waals surface area contributed by atoms with E-state index in [1.165, 1.54) is 36.9 Å². The van der Waals surface area contributed by atoms with E-state index in [1.54, 1.807) is 19.0 Å². The molecule has 1 unspecified atom stereocenters. The molecule has 2 bridgehead atoms. The van der Waals surface area contributed by atoms with Crippen LogP contribution in [0.25, 0.3) is 0 Å². The van der Waals surface area contributed by atoms with Gasteiger partial charge in [0, 0.05) is 50.0 Å². The second kappa shape index (κ2) is 7.96. The fraction of sp³-hybridized carbons (Fsp3) is 0.458. The number of carbonyl (C=O) groups is 1. The largest absolute Gasteiger partial charge is 0.364 e. The van der Waals surface area contributed by atoms with Gasteiger partial charge in [-0.1, -0.05) is 30.3 Å². The van der Waals surface area contributed by atoms with Crippen molar-refractivity contribution >= 4 is 11.6 Å². The summed E-state index contributed by atoms with van der Waals surface area (Å²) in [7, 11) is 5.89. The number of hydrogen-bond acceptors (Lipinski definition) is 3. The summed E-state index contributed by atoms with van der Waals surface area (Å²) < 4.78 is 0. The molecular formula is C24H31N3O. The van der Waals surface area contributed by atoms with Crippen molar-refractivity contribution in [2.45, 2.75) is 50.4 Å². The van der Waals surface area contributed by atoms with Gasteiger partial charge in [-0.05, 0) is 62.6 Å². The van der Waals surface area contributed by atoms with E-state index in [1.807, 2.05) is 12.1 Å². The molecule has 148 valence electrons. The quantitative estimate of drug-likeness (QED) is 0.787. The predicted molar refractivity (Wildman–Crippen MR) is 115 cm³/mol. The van der Waals surface area contributed by atoms with Crippen molar-refractivity contribution in [2.75, 3.05) is 26.0 Å². The van der Waals surface area contributed by atoms with Crippen LogP contribution in [0.15, 0.2) is 54.6 Å². The van der Waals surface area contributed by atoms with Gasteiger partial charge in [0.05, 0.1) is 0 Å². The average molecular weight is 378 g/mol. The summed E-state index contributed by atoms with van der Waals surface area (Å²) in [5.41, 5.74) is 3.30. The van der Waals surface area contributed by atoms with Crippen molar-refractivity contribution < 1.29 is 4.79 Å². The molecule has 2 aromatic carbocycles. The third-order valence-corrected chi connectivity index (χ3v) is 6.56. The molecule has 4 rings (SSSR count). The van der Waals surface area contributed by atoms with Gasteiger partial charge in [0.1, 0.15) is 0 Å². The lowest BCUT2D eigenvalue weighted by molar-refractivity contribution is 0.0827. The van der Waals surface area contributed by atoms with Gasteiger partial charge < -0.3 is 14.7 Å². The standard InChI is InChI=1S/C24H31N3O/c1-25(2)24(28)19-9-11-20(12-10-19)27(17-18-7-5-4-6-8-18)23-15-21-13-14-22(16-23)26(21)3/h4-12,21-23H,13-17H2,1-3H3/t21-,22+,23?. The van der Waals surface area contributed by atoms with Crippen LogP contribution in [0.5, 0.6) is 0 Å². The van der Waals surface area contributed by atoms with Gasteiger partial charge >= 0.3 is 0 Å². The molecule has 2 saturated heterocycles. The molecule has 0 aliphatic carbocycles. The summed E-state index contributed by atoms with van der Waals surface area (Å²) in [5.74, 6) is 0.0542. The van der Waals surface area contributed by atoms with Crippen LogP contribution in [0, 0.1) is 0 Å². The molecule has 2 heterocycles. The molecule has 3 atom stereocenters. The number of hydrogen-bond donors (Lipinski definition) is 0. The van der Waals surface area contributed by atoms with Crippen LogP contribution in [0.3, 0.4) is 0 Å². The topological polar surface area (TPSA) is 26.8 Å². The first-order valence-corrected chi connectivity index (χ1v) is 10.4. The van der Waals surface area contributed by atoms with E-state index in [-0.39, 0.29) is 5.91 Å². The number of carbonyl (C=O) groups excluding carboxylic acids is 1. The molecule has 2 aromatic rings. The Hall–Kier alpha value is -2.33. The number of benzene rings is 2. The summed E-state index contributed by atoms with van der Waals surface area (Å²) in [5, 5.41) is 0. The Morgan fingerprint density at radius 3 is 2.14 bits per heavy atom. The molecule has 0 N–H and O–H groups in total. The zero-order valence-corrected chi connectivity index (χ0v) is 17.2. The molecule has 2 fully saturated rings. The van der Waals surface area contributed by atoms with Gasteiger partial charge in [-0.25, -0.2) is 0 Å². The highest BCUT2D eigenvalue weighted by molar-refractivity contribution is 5.94. The van der Waals surface area contributed by atoms with Crippen molar-refractivity contribution in [3.63, 3.8) is 0 Å². The number of anilines is 1. The van der Waals surface area contributed by atoms with Gasteiger partial charge in [0.15, 0.2) is 0 Å². The SMILES string of the molecule is CN(C)C(=O)c1ccc(N(Cc2ccccc2)C2C[C@H]3CC[C@@H](C2)N3C)cc1. The third kappa shape index (κ3) is 3.79. The maximum atomic E-state index is 12.3. The van der Waals surface area contributed by atoms with Crippen molar-refractivity contribution in [3.8, 4) is 0 Å². The Balaban J connectivity index is 1.60. The normalized spacial score (nSPS) is 24.2. The highest BCUT2D eigenvalue weighted by Gasteiger charge is 2.40. The first-order chi connectivity index (χ1) is 13.5. The fourth-order valence-corrected chi connectivity index (χ4v) is 4.90. The number of rotatable bonds is 5. The highest BCUT2D eigenvalue weighted by Crippen LogP contribution is 2.38. The Morgan fingerprint density at radius 2 is 1.57 bits per heavy atom. The van der Waals surface area contributed by atoms with Gasteiger partial charge in [-0.3, -0.25) is 4.79 Å². The van der Waals surface area contributed by atoms with Gasteiger partial charge in [0.2, 0.25) is 0 Å². The first-order valence-electron chi connectivity index (χ1n) is 10.4. The number of amides is 1. The number of piperidine rings is 1. The van der Waals surface area contributed by atoms with E-state index >= 15 is 0 Å². The minimum atomic E-state index is 0.0542. The Kier molecular flexibility index (Phi) is 5.40. The summed E-state index contributed by atoms with van der Waals surface area (Å²) in [4.78, 5) is 19.0. The minimum absolute atomic E-state index is 0.0542. The summed E-state index contributed by atoms with van der Waals surface area (Å²) in [6, 6.07) is 20.9. The highest BCUT2D eigenvalue weighted by atomic mass is 16.2. The van der Waals surface area contributed by atoms with Gasteiger partial charge in [0.25, 0.3) is 5.91 Å². The molecule has 2 aliphatic rings. The molecule has 2 aliphatic heterocycles. The monoisotopic (exact) mass is 377 g/mol. The first kappa shape index (κ1) is 19.0. The Labute approximate surface area is 168 Å². The van der Waals surface area contributed by atoms with E-state index in [0.29, 0.717) is 18.1 Å². The molecule has 1 amide bonds. The van der Waals surface area contributed by atoms with Crippen LogP contribution >= 0.6 is 0 Å². The molecule has 0 aromatic heterocycles. The molecule has 0 radical (unpaired) electrons. The Morgan fingerprint density at radius 1 is 0.964 bits per heavy atom. The maximum Gasteiger partial charge on any atom is 0.253 e. The molecular weight excluding hydrogens is 346 g/mol. The lowest BCUT2D eigenvalue weighted by Gasteiger charge is -2.43. The third-order valence-electron chi connectivity index (χ3n) is 6.56. The summed E-state index contributed by atoms with van der Waals surface area (Å²) in [6.07, 6.45) is 5.09. The zero-order valence-electron chi connectivity index (χ0n) is 17.2. The second-order valence-electron chi connectivity index (χ2n) is 8.54. The summed E-state index contributed by atoms with van der Waals surface area (Å²) >= 11 is 0. The maximum absolute atomic E-state index is 12.3. The molecule has 4 nitrogen and oxygen atoms in total. The van der Waals surface area contributed by atoms with E-state index < -0.39 is 0 Å². The Bertz CT molecular complexity index is 788. The number of nitrogens with zero attached hydrogens (tertiary/aromatic N) is 3. The number of fused-ring (bicyclic) bond motifs is 2. The van der Waals surface area contributed by atoms with Crippen LogP contribution < -0.4 is 4.90 Å². The van der Waals surface area contributed by atoms with E-state index in [4.69, 9.17) is 0 Å². The average Bonchev–Trinajstić information content (AvgIpc) is 2.92.